The van der Waals surface area contributed by atoms with Crippen molar-refractivity contribution >= 4 is 23.3 Å². The first-order valence-electron chi connectivity index (χ1n) is 8.53. The summed E-state index contributed by atoms with van der Waals surface area (Å²) >= 11 is 5.87. The van der Waals surface area contributed by atoms with Gasteiger partial charge in [0.1, 0.15) is 0 Å². The smallest absolute Gasteiger partial charge is 0.220 e. The van der Waals surface area contributed by atoms with Crippen LogP contribution in [0, 0.1) is 0 Å². The monoisotopic (exact) mass is 383 g/mol. The maximum absolute atomic E-state index is 12.0. The van der Waals surface area contributed by atoms with Crippen molar-refractivity contribution in [3.05, 3.63) is 71.1 Å². The Morgan fingerprint density at radius 2 is 1.93 bits per heavy atom. The molecule has 0 bridgehead atoms. The molecule has 0 unspecified atom stereocenters. The number of nitrogens with one attached hydrogen (secondary N) is 1. The van der Waals surface area contributed by atoms with Gasteiger partial charge in [-0.3, -0.25) is 14.6 Å². The average molecular weight is 384 g/mol. The first-order chi connectivity index (χ1) is 13.1. The van der Waals surface area contributed by atoms with Crippen LogP contribution in [-0.4, -0.2) is 28.4 Å². The standard InChI is InChI=1S/C20H18ClN3O3/c21-16-5-3-14(4-6-16)19-12-17(24-27-19)9-11-23-20(26)8-7-18(25)15-2-1-10-22-13-15/h1-6,10,12-13H,7-9,11H2,(H,23,26). The Hall–Kier alpha value is -2.99. The van der Waals surface area contributed by atoms with Crippen LogP contribution in [0.15, 0.2) is 59.4 Å². The van der Waals surface area contributed by atoms with Gasteiger partial charge in [0.05, 0.1) is 5.69 Å². The highest BCUT2D eigenvalue weighted by Gasteiger charge is 2.10. The molecule has 3 rings (SSSR count). The number of pyridine rings is 1. The zero-order chi connectivity index (χ0) is 19.1. The second-order valence-corrected chi connectivity index (χ2v) is 6.39. The summed E-state index contributed by atoms with van der Waals surface area (Å²) in [5.41, 5.74) is 2.14. The van der Waals surface area contributed by atoms with Crippen molar-refractivity contribution < 1.29 is 14.1 Å². The van der Waals surface area contributed by atoms with Crippen LogP contribution in [0.25, 0.3) is 11.3 Å². The van der Waals surface area contributed by atoms with Crippen molar-refractivity contribution in [2.45, 2.75) is 19.3 Å². The summed E-state index contributed by atoms with van der Waals surface area (Å²) in [4.78, 5) is 27.7. The Labute approximate surface area is 161 Å². The molecule has 0 aliphatic rings. The van der Waals surface area contributed by atoms with Crippen LogP contribution in [0.2, 0.25) is 5.02 Å². The number of hydrogen-bond donors (Lipinski definition) is 1. The molecular weight excluding hydrogens is 366 g/mol. The van der Waals surface area contributed by atoms with E-state index in [1.807, 2.05) is 18.2 Å². The lowest BCUT2D eigenvalue weighted by molar-refractivity contribution is -0.121. The molecule has 6 nitrogen and oxygen atoms in total. The largest absolute Gasteiger partial charge is 0.356 e. The van der Waals surface area contributed by atoms with Crippen molar-refractivity contribution in [3.63, 3.8) is 0 Å². The molecule has 27 heavy (non-hydrogen) atoms. The van der Waals surface area contributed by atoms with Crippen LogP contribution in [-0.2, 0) is 11.2 Å². The van der Waals surface area contributed by atoms with E-state index in [-0.39, 0.29) is 24.5 Å². The van der Waals surface area contributed by atoms with E-state index in [1.165, 1.54) is 6.20 Å². The van der Waals surface area contributed by atoms with E-state index in [9.17, 15) is 9.59 Å². The van der Waals surface area contributed by atoms with E-state index in [2.05, 4.69) is 15.5 Å². The molecule has 0 saturated carbocycles. The molecular formula is C20H18ClN3O3. The first-order valence-corrected chi connectivity index (χ1v) is 8.91. The van der Waals surface area contributed by atoms with E-state index in [0.29, 0.717) is 29.3 Å². The van der Waals surface area contributed by atoms with Gasteiger partial charge in [0.25, 0.3) is 0 Å². The number of hydrogen-bond acceptors (Lipinski definition) is 5. The lowest BCUT2D eigenvalue weighted by Gasteiger charge is -2.03. The third kappa shape index (κ3) is 5.49. The van der Waals surface area contributed by atoms with Gasteiger partial charge in [-0.25, -0.2) is 0 Å². The number of carbonyl (C=O) groups is 2. The van der Waals surface area contributed by atoms with Crippen molar-refractivity contribution in [3.8, 4) is 11.3 Å². The van der Waals surface area contributed by atoms with Crippen molar-refractivity contribution in [2.24, 2.45) is 0 Å². The summed E-state index contributed by atoms with van der Waals surface area (Å²) in [6, 6.07) is 12.5. The number of Topliss-reactive ketones (excluding diaryl/α,β-unsaturated/α-hetero) is 1. The topological polar surface area (TPSA) is 85.1 Å². The van der Waals surface area contributed by atoms with Gasteiger partial charge in [-0.2, -0.15) is 0 Å². The van der Waals surface area contributed by atoms with Gasteiger partial charge in [-0.05, 0) is 36.4 Å². The molecule has 1 aromatic carbocycles. The van der Waals surface area contributed by atoms with Gasteiger partial charge in [0, 0.05) is 60.4 Å². The van der Waals surface area contributed by atoms with E-state index < -0.39 is 0 Å². The highest BCUT2D eigenvalue weighted by Crippen LogP contribution is 2.22. The van der Waals surface area contributed by atoms with E-state index in [1.54, 1.807) is 30.5 Å². The zero-order valence-electron chi connectivity index (χ0n) is 14.5. The van der Waals surface area contributed by atoms with Gasteiger partial charge >= 0.3 is 0 Å². The minimum Gasteiger partial charge on any atom is -0.356 e. The molecule has 7 heteroatoms. The first kappa shape index (κ1) is 18.8. The molecule has 0 spiro atoms. The van der Waals surface area contributed by atoms with Crippen LogP contribution < -0.4 is 5.32 Å². The predicted octanol–water partition coefficient (Wildman–Crippen LogP) is 3.71. The van der Waals surface area contributed by atoms with Gasteiger partial charge in [0.2, 0.25) is 5.91 Å². The second-order valence-electron chi connectivity index (χ2n) is 5.95. The molecule has 0 atom stereocenters. The van der Waals surface area contributed by atoms with E-state index in [4.69, 9.17) is 16.1 Å². The number of aromatic nitrogens is 2. The van der Waals surface area contributed by atoms with Crippen molar-refractivity contribution in [1.29, 1.82) is 0 Å². The van der Waals surface area contributed by atoms with Crippen LogP contribution in [0.3, 0.4) is 0 Å². The number of rotatable bonds is 8. The maximum atomic E-state index is 12.0. The molecule has 2 aromatic heterocycles. The molecule has 2 heterocycles. The summed E-state index contributed by atoms with van der Waals surface area (Å²) in [5.74, 6) is 0.381. The number of nitrogens with zero attached hydrogens (tertiary/aromatic N) is 2. The predicted molar refractivity (Wildman–Crippen MR) is 101 cm³/mol. The highest BCUT2D eigenvalue weighted by atomic mass is 35.5. The fourth-order valence-electron chi connectivity index (χ4n) is 2.50. The number of halogens is 1. The Bertz CT molecular complexity index is 908. The molecule has 1 N–H and O–H groups in total. The zero-order valence-corrected chi connectivity index (χ0v) is 15.3. The van der Waals surface area contributed by atoms with Crippen molar-refractivity contribution in [1.82, 2.24) is 15.5 Å². The fraction of sp³-hybridized carbons (Fsp3) is 0.200. The lowest BCUT2D eigenvalue weighted by Crippen LogP contribution is -2.26. The molecule has 138 valence electrons. The molecule has 0 aliphatic heterocycles. The van der Waals surface area contributed by atoms with Crippen LogP contribution in [0.1, 0.15) is 28.9 Å². The van der Waals surface area contributed by atoms with E-state index in [0.717, 1.165) is 11.3 Å². The average Bonchev–Trinajstić information content (AvgIpc) is 3.16. The number of benzene rings is 1. The SMILES string of the molecule is O=C(CCC(=O)c1cccnc1)NCCc1cc(-c2ccc(Cl)cc2)on1. The third-order valence-corrected chi connectivity index (χ3v) is 4.21. The van der Waals surface area contributed by atoms with Crippen molar-refractivity contribution in [2.75, 3.05) is 6.54 Å². The van der Waals surface area contributed by atoms with Crippen LogP contribution in [0.5, 0.6) is 0 Å². The normalized spacial score (nSPS) is 10.6. The Kier molecular flexibility index (Phi) is 6.33. The summed E-state index contributed by atoms with van der Waals surface area (Å²) < 4.78 is 5.32. The van der Waals surface area contributed by atoms with Crippen LogP contribution in [0.4, 0.5) is 0 Å². The summed E-state index contributed by atoms with van der Waals surface area (Å²) in [6.07, 6.45) is 3.94. The van der Waals surface area contributed by atoms with E-state index >= 15 is 0 Å². The summed E-state index contributed by atoms with van der Waals surface area (Å²) in [7, 11) is 0. The van der Waals surface area contributed by atoms with Gasteiger partial charge in [-0.1, -0.05) is 16.8 Å². The Morgan fingerprint density at radius 3 is 2.67 bits per heavy atom. The molecule has 0 fully saturated rings. The summed E-state index contributed by atoms with van der Waals surface area (Å²) in [5, 5.41) is 7.45. The quantitative estimate of drug-likeness (QED) is 0.599. The fourth-order valence-corrected chi connectivity index (χ4v) is 2.62. The van der Waals surface area contributed by atoms with Crippen LogP contribution >= 0.6 is 11.6 Å². The molecule has 1 amide bonds. The van der Waals surface area contributed by atoms with Gasteiger partial charge in [-0.15, -0.1) is 0 Å². The van der Waals surface area contributed by atoms with Gasteiger partial charge in [0.15, 0.2) is 11.5 Å². The molecule has 0 saturated heterocycles. The Balaban J connectivity index is 1.41. The summed E-state index contributed by atoms with van der Waals surface area (Å²) in [6.45, 7) is 0.423. The lowest BCUT2D eigenvalue weighted by atomic mass is 10.1. The maximum Gasteiger partial charge on any atom is 0.220 e. The minimum absolute atomic E-state index is 0.0950. The minimum atomic E-state index is -0.173. The number of carbonyl (C=O) groups excluding carboxylic acids is 2. The molecule has 0 aliphatic carbocycles. The molecule has 0 radical (unpaired) electrons. The second kappa shape index (κ2) is 9.09. The number of amides is 1. The van der Waals surface area contributed by atoms with Gasteiger partial charge < -0.3 is 9.84 Å². The highest BCUT2D eigenvalue weighted by molar-refractivity contribution is 6.30. The number of ketones is 1. The Morgan fingerprint density at radius 1 is 1.11 bits per heavy atom. The molecule has 3 aromatic rings. The third-order valence-electron chi connectivity index (χ3n) is 3.95.